The molecule has 0 aliphatic carbocycles. The van der Waals surface area contributed by atoms with Gasteiger partial charge in [0.1, 0.15) is 5.15 Å². The van der Waals surface area contributed by atoms with Crippen molar-refractivity contribution in [1.29, 1.82) is 0 Å². The van der Waals surface area contributed by atoms with E-state index in [0.717, 1.165) is 0 Å². The first-order chi connectivity index (χ1) is 7.02. The number of carbonyl (C=O) groups is 1. The molecular formula is C10H8ClNO3. The summed E-state index contributed by atoms with van der Waals surface area (Å²) in [5.74, 6) is 1.33. The number of terminal acetylenes is 1. The summed E-state index contributed by atoms with van der Waals surface area (Å²) in [5.41, 5.74) is 0.00854. The second kappa shape index (κ2) is 4.67. The van der Waals surface area contributed by atoms with Gasteiger partial charge in [0.25, 0.3) is 0 Å². The Hall–Kier alpha value is -1.73. The Morgan fingerprint density at radius 1 is 1.73 bits per heavy atom. The molecule has 1 aromatic rings. The number of nitrogens with zero attached hydrogens (tertiary/aromatic N) is 1. The van der Waals surface area contributed by atoms with E-state index >= 15 is 0 Å². The van der Waals surface area contributed by atoms with Crippen LogP contribution in [0.4, 0.5) is 0 Å². The number of rotatable bonds is 3. The Morgan fingerprint density at radius 2 is 2.40 bits per heavy atom. The molecule has 78 valence electrons. The number of carboxylic acids is 1. The summed E-state index contributed by atoms with van der Waals surface area (Å²) in [4.78, 5) is 14.5. The van der Waals surface area contributed by atoms with E-state index in [-0.39, 0.29) is 16.6 Å². The molecule has 0 aromatic carbocycles. The van der Waals surface area contributed by atoms with Crippen LogP contribution in [0.25, 0.3) is 0 Å². The van der Waals surface area contributed by atoms with Gasteiger partial charge in [-0.05, 0) is 13.0 Å². The van der Waals surface area contributed by atoms with E-state index < -0.39 is 12.1 Å². The number of hydrogen-bond acceptors (Lipinski definition) is 3. The molecule has 0 fully saturated rings. The quantitative estimate of drug-likeness (QED) is 0.630. The topological polar surface area (TPSA) is 59.4 Å². The van der Waals surface area contributed by atoms with Crippen molar-refractivity contribution in [2.75, 3.05) is 0 Å². The Balaban J connectivity index is 3.00. The third-order valence-corrected chi connectivity index (χ3v) is 1.74. The number of carboxylic acid groups (broad SMARTS) is 1. The number of aromatic carboxylic acids is 1. The fourth-order valence-electron chi connectivity index (χ4n) is 0.872. The van der Waals surface area contributed by atoms with Crippen molar-refractivity contribution in [2.24, 2.45) is 0 Å². The van der Waals surface area contributed by atoms with E-state index in [2.05, 4.69) is 10.9 Å². The Morgan fingerprint density at radius 3 is 2.93 bits per heavy atom. The molecule has 1 atom stereocenters. The van der Waals surface area contributed by atoms with Crippen LogP contribution < -0.4 is 4.74 Å². The molecule has 0 spiro atoms. The van der Waals surface area contributed by atoms with Crippen LogP contribution in [0, 0.1) is 12.3 Å². The molecule has 1 aromatic heterocycles. The summed E-state index contributed by atoms with van der Waals surface area (Å²) in [6.45, 7) is 1.64. The van der Waals surface area contributed by atoms with Gasteiger partial charge in [0, 0.05) is 6.07 Å². The molecule has 0 aliphatic rings. The van der Waals surface area contributed by atoms with E-state index in [1.54, 1.807) is 6.92 Å². The molecule has 4 nitrogen and oxygen atoms in total. The Bertz CT molecular complexity index is 425. The monoisotopic (exact) mass is 225 g/mol. The molecule has 15 heavy (non-hydrogen) atoms. The van der Waals surface area contributed by atoms with Gasteiger partial charge < -0.3 is 9.84 Å². The summed E-state index contributed by atoms with van der Waals surface area (Å²) < 4.78 is 5.14. The van der Waals surface area contributed by atoms with E-state index in [0.29, 0.717) is 0 Å². The van der Waals surface area contributed by atoms with Crippen molar-refractivity contribution >= 4 is 17.6 Å². The molecule has 0 saturated carbocycles. The highest BCUT2D eigenvalue weighted by atomic mass is 35.5. The van der Waals surface area contributed by atoms with Crippen molar-refractivity contribution < 1.29 is 14.6 Å². The molecule has 0 saturated heterocycles. The van der Waals surface area contributed by atoms with Gasteiger partial charge in [-0.2, -0.15) is 0 Å². The minimum absolute atomic E-state index is 0.00854. The standard InChI is InChI=1S/C10H8ClNO3/c1-3-6(2)15-9-5-7(10(13)14)4-8(11)12-9/h1,4-6H,2H3,(H,13,14). The van der Waals surface area contributed by atoms with Gasteiger partial charge in [-0.1, -0.05) is 17.5 Å². The second-order valence-corrected chi connectivity index (χ2v) is 3.14. The van der Waals surface area contributed by atoms with Gasteiger partial charge in [-0.25, -0.2) is 9.78 Å². The van der Waals surface area contributed by atoms with Crippen molar-refractivity contribution in [2.45, 2.75) is 13.0 Å². The first kappa shape index (κ1) is 11.3. The Labute approximate surface area is 91.8 Å². The SMILES string of the molecule is C#CC(C)Oc1cc(C(=O)O)cc(Cl)n1. The number of hydrogen-bond donors (Lipinski definition) is 1. The average molecular weight is 226 g/mol. The molecule has 0 radical (unpaired) electrons. The molecule has 0 amide bonds. The zero-order chi connectivity index (χ0) is 11.4. The third-order valence-electron chi connectivity index (χ3n) is 1.55. The number of ether oxygens (including phenoxy) is 1. The number of halogens is 1. The van der Waals surface area contributed by atoms with E-state index in [1.807, 2.05) is 0 Å². The van der Waals surface area contributed by atoms with Crippen LogP contribution in [0.5, 0.6) is 5.88 Å². The Kier molecular flexibility index (Phi) is 3.53. The molecule has 1 heterocycles. The maximum atomic E-state index is 10.7. The predicted octanol–water partition coefficient (Wildman–Crippen LogP) is 1.83. The first-order valence-electron chi connectivity index (χ1n) is 4.06. The van der Waals surface area contributed by atoms with E-state index in [1.165, 1.54) is 12.1 Å². The van der Waals surface area contributed by atoms with Crippen molar-refractivity contribution in [3.05, 3.63) is 22.8 Å². The molecule has 5 heteroatoms. The zero-order valence-electron chi connectivity index (χ0n) is 7.90. The average Bonchev–Trinajstić information content (AvgIpc) is 2.16. The van der Waals surface area contributed by atoms with Crippen LogP contribution in [0.15, 0.2) is 12.1 Å². The highest BCUT2D eigenvalue weighted by molar-refractivity contribution is 6.29. The van der Waals surface area contributed by atoms with Gasteiger partial charge in [-0.15, -0.1) is 6.42 Å². The minimum atomic E-state index is -1.10. The molecular weight excluding hydrogens is 218 g/mol. The molecule has 1 N–H and O–H groups in total. The van der Waals surface area contributed by atoms with Crippen LogP contribution in [0.3, 0.4) is 0 Å². The maximum absolute atomic E-state index is 10.7. The number of pyridine rings is 1. The highest BCUT2D eigenvalue weighted by Crippen LogP contribution is 2.17. The van der Waals surface area contributed by atoms with Crippen LogP contribution in [0.1, 0.15) is 17.3 Å². The third kappa shape index (κ3) is 3.15. The number of aromatic nitrogens is 1. The summed E-state index contributed by atoms with van der Waals surface area (Å²) in [7, 11) is 0. The molecule has 0 aliphatic heterocycles. The normalized spacial score (nSPS) is 11.5. The van der Waals surface area contributed by atoms with Crippen molar-refractivity contribution in [3.63, 3.8) is 0 Å². The summed E-state index contributed by atoms with van der Waals surface area (Å²) >= 11 is 5.61. The van der Waals surface area contributed by atoms with E-state index in [9.17, 15) is 4.79 Å². The lowest BCUT2D eigenvalue weighted by molar-refractivity contribution is 0.0696. The summed E-state index contributed by atoms with van der Waals surface area (Å²) in [6, 6.07) is 2.50. The fourth-order valence-corrected chi connectivity index (χ4v) is 1.07. The van der Waals surface area contributed by atoms with Gasteiger partial charge in [-0.3, -0.25) is 0 Å². The van der Waals surface area contributed by atoms with Crippen LogP contribution in [0.2, 0.25) is 5.15 Å². The lowest BCUT2D eigenvalue weighted by atomic mass is 10.3. The van der Waals surface area contributed by atoms with Crippen LogP contribution in [-0.4, -0.2) is 22.2 Å². The van der Waals surface area contributed by atoms with Gasteiger partial charge in [0.2, 0.25) is 5.88 Å². The second-order valence-electron chi connectivity index (χ2n) is 2.75. The smallest absolute Gasteiger partial charge is 0.335 e. The summed E-state index contributed by atoms with van der Waals surface area (Å²) in [5, 5.41) is 8.79. The first-order valence-corrected chi connectivity index (χ1v) is 4.44. The van der Waals surface area contributed by atoms with Gasteiger partial charge >= 0.3 is 5.97 Å². The van der Waals surface area contributed by atoms with Gasteiger partial charge in [0.05, 0.1) is 5.56 Å². The lowest BCUT2D eigenvalue weighted by Gasteiger charge is -2.08. The molecule has 1 rings (SSSR count). The molecule has 0 bridgehead atoms. The highest BCUT2D eigenvalue weighted by Gasteiger charge is 2.09. The predicted molar refractivity (Wildman–Crippen MR) is 55.1 cm³/mol. The van der Waals surface area contributed by atoms with Crippen LogP contribution >= 0.6 is 11.6 Å². The van der Waals surface area contributed by atoms with Crippen molar-refractivity contribution in [3.8, 4) is 18.2 Å². The van der Waals surface area contributed by atoms with Crippen molar-refractivity contribution in [1.82, 2.24) is 4.98 Å². The van der Waals surface area contributed by atoms with Gasteiger partial charge in [0.15, 0.2) is 6.10 Å². The maximum Gasteiger partial charge on any atom is 0.335 e. The zero-order valence-corrected chi connectivity index (χ0v) is 8.65. The molecule has 1 unspecified atom stereocenters. The van der Waals surface area contributed by atoms with Crippen LogP contribution in [-0.2, 0) is 0 Å². The largest absolute Gasteiger partial charge is 0.478 e. The summed E-state index contributed by atoms with van der Waals surface area (Å²) in [6.07, 6.45) is 4.62. The minimum Gasteiger partial charge on any atom is -0.478 e. The lowest BCUT2D eigenvalue weighted by Crippen LogP contribution is -2.10. The van der Waals surface area contributed by atoms with E-state index in [4.69, 9.17) is 27.9 Å². The fraction of sp³-hybridized carbons (Fsp3) is 0.200.